The number of nitrogens with one attached hydrogen (secondary N) is 1. The van der Waals surface area contributed by atoms with Crippen molar-refractivity contribution in [1.29, 1.82) is 0 Å². The predicted molar refractivity (Wildman–Crippen MR) is 102 cm³/mol. The van der Waals surface area contributed by atoms with Crippen LogP contribution in [0.3, 0.4) is 0 Å². The lowest BCUT2D eigenvalue weighted by Crippen LogP contribution is -2.52. The number of rotatable bonds is 6. The van der Waals surface area contributed by atoms with Crippen LogP contribution in [-0.4, -0.2) is 52.8 Å². The van der Waals surface area contributed by atoms with Gasteiger partial charge in [-0.3, -0.25) is 4.98 Å². The lowest BCUT2D eigenvalue weighted by atomic mass is 10.0. The van der Waals surface area contributed by atoms with Gasteiger partial charge >= 0.3 is 6.03 Å². The number of aromatic nitrogens is 3. The second-order valence-corrected chi connectivity index (χ2v) is 6.60. The Hall–Kier alpha value is -3.42. The first-order valence-corrected chi connectivity index (χ1v) is 9.13. The average Bonchev–Trinajstić information content (AvgIpc) is 3.18. The number of methoxy groups -OCH3 is 1. The molecule has 1 fully saturated rings. The third kappa shape index (κ3) is 3.95. The molecule has 0 spiro atoms. The zero-order chi connectivity index (χ0) is 19.3. The van der Waals surface area contributed by atoms with Crippen molar-refractivity contribution in [3.05, 3.63) is 60.1 Å². The molecule has 8 nitrogen and oxygen atoms in total. The highest BCUT2D eigenvalue weighted by Crippen LogP contribution is 2.27. The average molecular weight is 379 g/mol. The monoisotopic (exact) mass is 379 g/mol. The summed E-state index contributed by atoms with van der Waals surface area (Å²) in [6.07, 6.45) is 2.46. The smallest absolute Gasteiger partial charge is 0.317 e. The summed E-state index contributed by atoms with van der Waals surface area (Å²) in [5, 5.41) is 6.92. The molecule has 0 radical (unpaired) electrons. The van der Waals surface area contributed by atoms with E-state index in [0.717, 1.165) is 17.7 Å². The molecule has 4 rings (SSSR count). The van der Waals surface area contributed by atoms with Crippen molar-refractivity contribution < 1.29 is 14.1 Å². The molecule has 28 heavy (non-hydrogen) atoms. The van der Waals surface area contributed by atoms with Crippen LogP contribution in [0.2, 0.25) is 0 Å². The van der Waals surface area contributed by atoms with Gasteiger partial charge < -0.3 is 19.5 Å². The van der Waals surface area contributed by atoms with Gasteiger partial charge in [0, 0.05) is 25.8 Å². The summed E-state index contributed by atoms with van der Waals surface area (Å²) >= 11 is 0. The van der Waals surface area contributed by atoms with Gasteiger partial charge in [-0.25, -0.2) is 4.79 Å². The van der Waals surface area contributed by atoms with Gasteiger partial charge in [-0.2, -0.15) is 4.98 Å². The molecule has 2 aromatic heterocycles. The van der Waals surface area contributed by atoms with E-state index in [2.05, 4.69) is 20.4 Å². The van der Waals surface area contributed by atoms with Crippen LogP contribution in [0.5, 0.6) is 5.75 Å². The summed E-state index contributed by atoms with van der Waals surface area (Å²) < 4.78 is 10.5. The van der Waals surface area contributed by atoms with Crippen LogP contribution in [0.1, 0.15) is 17.4 Å². The maximum absolute atomic E-state index is 12.2. The molecule has 3 aromatic rings. The van der Waals surface area contributed by atoms with Gasteiger partial charge in [0.15, 0.2) is 0 Å². The molecule has 0 saturated carbocycles. The van der Waals surface area contributed by atoms with Crippen molar-refractivity contribution in [2.24, 2.45) is 0 Å². The van der Waals surface area contributed by atoms with Crippen LogP contribution in [0, 0.1) is 0 Å². The first-order valence-electron chi connectivity index (χ1n) is 9.13. The van der Waals surface area contributed by atoms with Crippen molar-refractivity contribution in [3.8, 4) is 17.3 Å². The minimum atomic E-state index is -0.0748. The summed E-state index contributed by atoms with van der Waals surface area (Å²) in [4.78, 5) is 22.6. The van der Waals surface area contributed by atoms with Crippen molar-refractivity contribution in [3.63, 3.8) is 0 Å². The van der Waals surface area contributed by atoms with Crippen LogP contribution >= 0.6 is 0 Å². The van der Waals surface area contributed by atoms with Crippen LogP contribution in [-0.2, 0) is 6.42 Å². The Morgan fingerprint density at radius 1 is 1.25 bits per heavy atom. The molecular weight excluding hydrogens is 358 g/mol. The van der Waals surface area contributed by atoms with Gasteiger partial charge in [0.1, 0.15) is 11.4 Å². The number of carbonyl (C=O) groups excluding carboxylic acids is 1. The molecule has 0 unspecified atom stereocenters. The highest BCUT2D eigenvalue weighted by molar-refractivity contribution is 5.75. The maximum atomic E-state index is 12.2. The van der Waals surface area contributed by atoms with E-state index in [9.17, 15) is 4.79 Å². The topological polar surface area (TPSA) is 93.4 Å². The van der Waals surface area contributed by atoms with Gasteiger partial charge in [-0.15, -0.1) is 0 Å². The Balaban J connectivity index is 1.22. The summed E-state index contributed by atoms with van der Waals surface area (Å²) in [5.41, 5.74) is 1.82. The van der Waals surface area contributed by atoms with E-state index >= 15 is 0 Å². The van der Waals surface area contributed by atoms with E-state index in [1.54, 1.807) is 18.2 Å². The number of likely N-dealkylation sites (tertiary alicyclic amines) is 1. The first-order chi connectivity index (χ1) is 13.7. The minimum absolute atomic E-state index is 0.0669. The maximum Gasteiger partial charge on any atom is 0.317 e. The van der Waals surface area contributed by atoms with Gasteiger partial charge in [-0.05, 0) is 36.2 Å². The minimum Gasteiger partial charge on any atom is -0.497 e. The number of pyridine rings is 1. The molecule has 2 amide bonds. The highest BCUT2D eigenvalue weighted by Gasteiger charge is 2.35. The van der Waals surface area contributed by atoms with Crippen LogP contribution in [0.25, 0.3) is 11.5 Å². The van der Waals surface area contributed by atoms with Crippen LogP contribution in [0.4, 0.5) is 4.79 Å². The number of ether oxygens (including phenoxy) is 1. The molecule has 0 bridgehead atoms. The van der Waals surface area contributed by atoms with Gasteiger partial charge in [0.25, 0.3) is 0 Å². The van der Waals surface area contributed by atoms with Gasteiger partial charge in [-0.1, -0.05) is 23.4 Å². The Morgan fingerprint density at radius 3 is 2.79 bits per heavy atom. The Bertz CT molecular complexity index is 921. The summed E-state index contributed by atoms with van der Waals surface area (Å²) in [6.45, 7) is 1.72. The Kier molecular flexibility index (Phi) is 5.18. The Labute approximate surface area is 162 Å². The zero-order valence-electron chi connectivity index (χ0n) is 15.5. The molecule has 0 atom stereocenters. The van der Waals surface area contributed by atoms with E-state index in [1.807, 2.05) is 42.5 Å². The largest absolute Gasteiger partial charge is 0.497 e. The molecule has 3 heterocycles. The fourth-order valence-corrected chi connectivity index (χ4v) is 3.02. The molecule has 1 aliphatic heterocycles. The molecule has 0 aliphatic carbocycles. The van der Waals surface area contributed by atoms with Crippen molar-refractivity contribution in [1.82, 2.24) is 25.3 Å². The van der Waals surface area contributed by atoms with Crippen LogP contribution in [0.15, 0.2) is 53.2 Å². The number of amides is 2. The number of benzene rings is 1. The number of nitrogens with zero attached hydrogens (tertiary/aromatic N) is 4. The molecule has 144 valence electrons. The molecule has 1 N–H and O–H groups in total. The fourth-order valence-electron chi connectivity index (χ4n) is 3.02. The quantitative estimate of drug-likeness (QED) is 0.707. The predicted octanol–water partition coefficient (Wildman–Crippen LogP) is 2.49. The normalized spacial score (nSPS) is 13.8. The molecular formula is C20H21N5O3. The number of urea groups is 1. The van der Waals surface area contributed by atoms with Crippen molar-refractivity contribution in [2.75, 3.05) is 26.7 Å². The highest BCUT2D eigenvalue weighted by atomic mass is 16.5. The number of carbonyl (C=O) groups is 1. The van der Waals surface area contributed by atoms with Gasteiger partial charge in [0.05, 0.1) is 13.0 Å². The lowest BCUT2D eigenvalue weighted by Gasteiger charge is -2.36. The standard InChI is InChI=1S/C20H21N5O3/c1-27-16-7-5-14(6-8-16)9-11-22-20(26)25-12-15(13-25)19-23-18(24-28-19)17-4-2-3-10-21-17/h2-8,10,15H,9,11-13H2,1H3,(H,22,26). The summed E-state index contributed by atoms with van der Waals surface area (Å²) in [7, 11) is 1.64. The van der Waals surface area contributed by atoms with E-state index in [4.69, 9.17) is 9.26 Å². The van der Waals surface area contributed by atoms with E-state index in [0.29, 0.717) is 37.0 Å². The van der Waals surface area contributed by atoms with Gasteiger partial charge in [0.2, 0.25) is 11.7 Å². The third-order valence-electron chi connectivity index (χ3n) is 4.70. The molecule has 1 aliphatic rings. The first kappa shape index (κ1) is 18.0. The SMILES string of the molecule is COc1ccc(CCNC(=O)N2CC(c3nc(-c4ccccn4)no3)C2)cc1. The molecule has 8 heteroatoms. The molecule has 1 aromatic carbocycles. The van der Waals surface area contributed by atoms with Crippen molar-refractivity contribution >= 4 is 6.03 Å². The van der Waals surface area contributed by atoms with Crippen LogP contribution < -0.4 is 10.1 Å². The fraction of sp³-hybridized carbons (Fsp3) is 0.300. The second-order valence-electron chi connectivity index (χ2n) is 6.60. The lowest BCUT2D eigenvalue weighted by molar-refractivity contribution is 0.137. The summed E-state index contributed by atoms with van der Waals surface area (Å²) in [5.74, 6) is 1.91. The van der Waals surface area contributed by atoms with E-state index < -0.39 is 0 Å². The second kappa shape index (κ2) is 8.08. The number of hydrogen-bond donors (Lipinski definition) is 1. The van der Waals surface area contributed by atoms with Crippen molar-refractivity contribution in [2.45, 2.75) is 12.3 Å². The molecule has 1 saturated heterocycles. The van der Waals surface area contributed by atoms with E-state index in [1.165, 1.54) is 0 Å². The third-order valence-corrected chi connectivity index (χ3v) is 4.70. The van der Waals surface area contributed by atoms with E-state index in [-0.39, 0.29) is 11.9 Å². The number of hydrogen-bond acceptors (Lipinski definition) is 6. The Morgan fingerprint density at radius 2 is 2.07 bits per heavy atom. The summed E-state index contributed by atoms with van der Waals surface area (Å²) in [6, 6.07) is 13.3. The zero-order valence-corrected chi connectivity index (χ0v) is 15.5.